The lowest BCUT2D eigenvalue weighted by Crippen LogP contribution is -2.14. The van der Waals surface area contributed by atoms with Crippen molar-refractivity contribution in [2.24, 2.45) is 0 Å². The molecule has 1 aromatic heterocycles. The van der Waals surface area contributed by atoms with Gasteiger partial charge in [-0.25, -0.2) is 0 Å². The van der Waals surface area contributed by atoms with Crippen LogP contribution >= 0.6 is 0 Å². The molecule has 0 unspecified atom stereocenters. The zero-order valence-corrected chi connectivity index (χ0v) is 33.3. The first kappa shape index (κ1) is 35.0. The van der Waals surface area contributed by atoms with E-state index in [1.54, 1.807) is 0 Å². The molecule has 2 aliphatic rings. The molecule has 0 radical (unpaired) electrons. The minimum atomic E-state index is -0.0858. The Bertz CT molecular complexity index is 3020. The van der Waals surface area contributed by atoms with Crippen LogP contribution in [0.15, 0.2) is 199 Å². The summed E-state index contributed by atoms with van der Waals surface area (Å²) in [6, 6.07) is 68.6. The molecule has 0 spiro atoms. The number of hydrogen-bond acceptors (Lipinski definition) is 2. The summed E-state index contributed by atoms with van der Waals surface area (Å²) < 4.78 is 6.58. The molecule has 2 nitrogen and oxygen atoms in total. The van der Waals surface area contributed by atoms with Crippen LogP contribution in [0.4, 0.5) is 17.1 Å². The van der Waals surface area contributed by atoms with E-state index in [-0.39, 0.29) is 5.41 Å². The molecule has 1 heterocycles. The van der Waals surface area contributed by atoms with E-state index < -0.39 is 0 Å². The summed E-state index contributed by atoms with van der Waals surface area (Å²) >= 11 is 0. The molecule has 8 aromatic carbocycles. The highest BCUT2D eigenvalue weighted by Gasteiger charge is 2.35. The summed E-state index contributed by atoms with van der Waals surface area (Å²) in [6.45, 7) is 4.72. The molecule has 59 heavy (non-hydrogen) atoms. The fraction of sp³-hybridized carbons (Fsp3) is 0.0877. The van der Waals surface area contributed by atoms with Crippen molar-refractivity contribution in [3.05, 3.63) is 217 Å². The molecule has 0 N–H and O–H groups in total. The zero-order valence-electron chi connectivity index (χ0n) is 33.3. The lowest BCUT2D eigenvalue weighted by molar-refractivity contribution is 0.546. The van der Waals surface area contributed by atoms with Crippen molar-refractivity contribution in [1.82, 2.24) is 0 Å². The first-order valence-electron chi connectivity index (χ1n) is 20.7. The van der Waals surface area contributed by atoms with Crippen LogP contribution < -0.4 is 4.90 Å². The van der Waals surface area contributed by atoms with Gasteiger partial charge in [-0.1, -0.05) is 159 Å². The van der Waals surface area contributed by atoms with Crippen molar-refractivity contribution in [3.63, 3.8) is 0 Å². The van der Waals surface area contributed by atoms with Gasteiger partial charge in [-0.15, -0.1) is 0 Å². The molecule has 0 saturated heterocycles. The number of furan rings is 1. The Morgan fingerprint density at radius 3 is 1.66 bits per heavy atom. The Balaban J connectivity index is 0.978. The molecule has 0 bridgehead atoms. The maximum Gasteiger partial charge on any atom is 0.135 e. The van der Waals surface area contributed by atoms with Gasteiger partial charge in [0.1, 0.15) is 11.3 Å². The first-order chi connectivity index (χ1) is 29.0. The molecule has 11 rings (SSSR count). The summed E-state index contributed by atoms with van der Waals surface area (Å²) in [5.41, 5.74) is 20.4. The third-order valence-corrected chi connectivity index (χ3v) is 12.6. The summed E-state index contributed by atoms with van der Waals surface area (Å²) in [7, 11) is 0. The van der Waals surface area contributed by atoms with Gasteiger partial charge in [0.05, 0.1) is 0 Å². The number of para-hydroxylation sites is 1. The van der Waals surface area contributed by atoms with Gasteiger partial charge in [0.25, 0.3) is 0 Å². The Hall–Kier alpha value is -7.16. The van der Waals surface area contributed by atoms with Crippen molar-refractivity contribution in [1.29, 1.82) is 0 Å². The van der Waals surface area contributed by atoms with E-state index in [0.29, 0.717) is 0 Å². The smallest absolute Gasteiger partial charge is 0.135 e. The lowest BCUT2D eigenvalue weighted by atomic mass is 9.81. The van der Waals surface area contributed by atoms with Gasteiger partial charge in [-0.05, 0) is 128 Å². The molecular formula is C57H43NO. The number of rotatable bonds is 7. The summed E-state index contributed by atoms with van der Waals surface area (Å²) in [5, 5.41) is 1.18. The Morgan fingerprint density at radius 2 is 0.966 bits per heavy atom. The topological polar surface area (TPSA) is 16.4 Å². The monoisotopic (exact) mass is 757 g/mol. The second kappa shape index (κ2) is 14.0. The van der Waals surface area contributed by atoms with Gasteiger partial charge in [0.2, 0.25) is 0 Å². The van der Waals surface area contributed by atoms with Crippen LogP contribution in [0.1, 0.15) is 42.7 Å². The Morgan fingerprint density at radius 1 is 0.441 bits per heavy atom. The number of hydrogen-bond donors (Lipinski definition) is 0. The van der Waals surface area contributed by atoms with Gasteiger partial charge < -0.3 is 9.32 Å². The average molecular weight is 758 g/mol. The van der Waals surface area contributed by atoms with Crippen LogP contribution in [0.3, 0.4) is 0 Å². The molecule has 0 atom stereocenters. The highest BCUT2D eigenvalue weighted by molar-refractivity contribution is 6.00. The maximum absolute atomic E-state index is 6.58. The molecular weight excluding hydrogens is 715 g/mol. The van der Waals surface area contributed by atoms with Crippen molar-refractivity contribution in [2.75, 3.05) is 4.90 Å². The third-order valence-electron chi connectivity index (χ3n) is 12.6. The largest absolute Gasteiger partial charge is 0.460 e. The van der Waals surface area contributed by atoms with Crippen molar-refractivity contribution >= 4 is 34.1 Å². The van der Waals surface area contributed by atoms with E-state index in [4.69, 9.17) is 4.42 Å². The normalized spacial score (nSPS) is 13.5. The van der Waals surface area contributed by atoms with Crippen LogP contribution in [0.25, 0.3) is 72.7 Å². The number of allylic oxidation sites excluding steroid dienone is 1. The van der Waals surface area contributed by atoms with Gasteiger partial charge >= 0.3 is 0 Å². The Labute approximate surface area is 346 Å². The zero-order chi connectivity index (χ0) is 39.5. The van der Waals surface area contributed by atoms with Crippen LogP contribution in [0, 0.1) is 0 Å². The van der Waals surface area contributed by atoms with Crippen LogP contribution in [0.2, 0.25) is 0 Å². The average Bonchev–Trinajstić information content (AvgIpc) is 3.78. The van der Waals surface area contributed by atoms with Crippen molar-refractivity contribution in [3.8, 4) is 55.6 Å². The minimum absolute atomic E-state index is 0.0858. The highest BCUT2D eigenvalue weighted by Crippen LogP contribution is 2.51. The predicted molar refractivity (Wildman–Crippen MR) is 248 cm³/mol. The standard InChI is InChI=1S/C57H43NO/c1-57(2)53-19-11-9-17-47(53)48-34-29-43(35-54(48)57)50-36-52-49-18-10-12-20-55(49)59-56(52)37-51(50)42-27-32-46(33-28-42)58(44-15-7-4-8-16-44)45-30-25-41(26-31-45)40-23-21-39(22-24-40)38-13-5-3-6-14-38/h3-11,13-19,21-37H,12,20H2,1-2H3. The minimum Gasteiger partial charge on any atom is -0.460 e. The Kier molecular flexibility index (Phi) is 8.34. The third kappa shape index (κ3) is 6.03. The number of fused-ring (bicyclic) bond motifs is 6. The lowest BCUT2D eigenvalue weighted by Gasteiger charge is -2.26. The number of nitrogens with zero attached hydrogens (tertiary/aromatic N) is 1. The number of anilines is 3. The second-order valence-corrected chi connectivity index (χ2v) is 16.4. The number of benzene rings is 8. The van der Waals surface area contributed by atoms with Gasteiger partial charge in [0.15, 0.2) is 0 Å². The van der Waals surface area contributed by atoms with E-state index in [1.807, 2.05) is 0 Å². The molecule has 0 fully saturated rings. The van der Waals surface area contributed by atoms with Gasteiger partial charge in [-0.2, -0.15) is 0 Å². The summed E-state index contributed by atoms with van der Waals surface area (Å²) in [6.07, 6.45) is 6.46. The quantitative estimate of drug-likeness (QED) is 0.161. The molecule has 0 aliphatic heterocycles. The van der Waals surface area contributed by atoms with Crippen molar-refractivity contribution in [2.45, 2.75) is 32.1 Å². The molecule has 2 heteroatoms. The second-order valence-electron chi connectivity index (χ2n) is 16.4. The molecule has 0 saturated carbocycles. The van der Waals surface area contributed by atoms with E-state index in [2.05, 4.69) is 219 Å². The highest BCUT2D eigenvalue weighted by atomic mass is 16.3. The van der Waals surface area contributed by atoms with Crippen LogP contribution in [-0.4, -0.2) is 0 Å². The molecule has 9 aromatic rings. The van der Waals surface area contributed by atoms with Crippen LogP contribution in [-0.2, 0) is 11.8 Å². The SMILES string of the molecule is CC1(C)c2ccccc2-c2ccc(-c3cc4c5c(oc4cc3-c3ccc(N(c4ccccc4)c4ccc(-c6ccc(-c7ccccc7)cc6)cc4)cc3)CCC=C5)cc21. The maximum atomic E-state index is 6.58. The van der Waals surface area contributed by atoms with Crippen molar-refractivity contribution < 1.29 is 4.42 Å². The van der Waals surface area contributed by atoms with E-state index in [9.17, 15) is 0 Å². The van der Waals surface area contributed by atoms with Crippen LogP contribution in [0.5, 0.6) is 0 Å². The molecule has 2 aliphatic carbocycles. The fourth-order valence-corrected chi connectivity index (χ4v) is 9.45. The number of aryl methyl sites for hydroxylation is 1. The summed E-state index contributed by atoms with van der Waals surface area (Å²) in [5.74, 6) is 1.08. The summed E-state index contributed by atoms with van der Waals surface area (Å²) in [4.78, 5) is 2.34. The molecule has 0 amide bonds. The van der Waals surface area contributed by atoms with E-state index in [0.717, 1.165) is 46.8 Å². The predicted octanol–water partition coefficient (Wildman–Crippen LogP) is 15.8. The van der Waals surface area contributed by atoms with E-state index >= 15 is 0 Å². The van der Waals surface area contributed by atoms with E-state index in [1.165, 1.54) is 72.1 Å². The fourth-order valence-electron chi connectivity index (χ4n) is 9.45. The van der Waals surface area contributed by atoms with Gasteiger partial charge in [-0.3, -0.25) is 0 Å². The van der Waals surface area contributed by atoms with Gasteiger partial charge in [0, 0.05) is 39.8 Å². The first-order valence-corrected chi connectivity index (χ1v) is 20.7. The molecule has 282 valence electrons.